The van der Waals surface area contributed by atoms with E-state index >= 15 is 0 Å². The molecule has 19 heavy (non-hydrogen) atoms. The molecule has 1 aromatic heterocycles. The molecule has 2 N–H and O–H groups in total. The lowest BCUT2D eigenvalue weighted by Gasteiger charge is -2.31. The third-order valence-corrected chi connectivity index (χ3v) is 3.30. The number of fused-ring (bicyclic) bond motifs is 1. The first kappa shape index (κ1) is 13.8. The van der Waals surface area contributed by atoms with Crippen molar-refractivity contribution in [1.29, 1.82) is 0 Å². The van der Waals surface area contributed by atoms with Crippen LogP contribution in [0.5, 0.6) is 5.75 Å². The molecule has 5 nitrogen and oxygen atoms in total. The van der Waals surface area contributed by atoms with Crippen LogP contribution in [0.1, 0.15) is 40.0 Å². The van der Waals surface area contributed by atoms with Crippen molar-refractivity contribution in [2.24, 2.45) is 0 Å². The second-order valence-corrected chi connectivity index (χ2v) is 5.34. The van der Waals surface area contributed by atoms with Crippen LogP contribution in [0.3, 0.4) is 0 Å². The minimum Gasteiger partial charge on any atom is -0.485 e. The summed E-state index contributed by atoms with van der Waals surface area (Å²) in [6.45, 7) is 5.92. The number of nitrogens with zero attached hydrogens (tertiary/aromatic N) is 2. The summed E-state index contributed by atoms with van der Waals surface area (Å²) in [6, 6.07) is 5.52. The number of aliphatic hydroxyl groups is 1. The van der Waals surface area contributed by atoms with Crippen LogP contribution in [0.2, 0.25) is 0 Å². The Hall–Kier alpha value is -1.62. The lowest BCUT2D eigenvalue weighted by Crippen LogP contribution is -2.41. The van der Waals surface area contributed by atoms with Crippen molar-refractivity contribution in [3.63, 3.8) is 0 Å². The van der Waals surface area contributed by atoms with E-state index in [0.717, 1.165) is 30.3 Å². The molecule has 0 aliphatic carbocycles. The first-order chi connectivity index (χ1) is 9.03. The first-order valence-corrected chi connectivity index (χ1v) is 6.70. The highest BCUT2D eigenvalue weighted by Crippen LogP contribution is 2.25. The smallest absolute Gasteiger partial charge is 0.129 e. The van der Waals surface area contributed by atoms with Crippen molar-refractivity contribution in [3.05, 3.63) is 18.2 Å². The van der Waals surface area contributed by atoms with E-state index in [4.69, 9.17) is 4.74 Å². The van der Waals surface area contributed by atoms with Gasteiger partial charge in [-0.3, -0.25) is 0 Å². The number of benzene rings is 1. The van der Waals surface area contributed by atoms with E-state index in [-0.39, 0.29) is 0 Å². The number of aromatic nitrogens is 3. The second kappa shape index (κ2) is 5.57. The molecule has 0 spiro atoms. The first-order valence-electron chi connectivity index (χ1n) is 6.70. The van der Waals surface area contributed by atoms with Crippen LogP contribution in [-0.2, 0) is 0 Å². The van der Waals surface area contributed by atoms with Gasteiger partial charge in [0.25, 0.3) is 0 Å². The van der Waals surface area contributed by atoms with Gasteiger partial charge in [-0.1, -0.05) is 19.8 Å². The van der Waals surface area contributed by atoms with Crippen LogP contribution >= 0.6 is 0 Å². The number of H-pyrrole nitrogens is 1. The minimum absolute atomic E-state index is 0.486. The number of aliphatic hydroxyl groups excluding tert-OH is 1. The van der Waals surface area contributed by atoms with E-state index in [9.17, 15) is 5.11 Å². The highest BCUT2D eigenvalue weighted by molar-refractivity contribution is 5.75. The summed E-state index contributed by atoms with van der Waals surface area (Å²) in [7, 11) is 0. The fraction of sp³-hybridized carbons (Fsp3) is 0.571. The maximum Gasteiger partial charge on any atom is 0.129 e. The summed E-state index contributed by atoms with van der Waals surface area (Å²) in [5.41, 5.74) is 0.945. The maximum absolute atomic E-state index is 10.2. The van der Waals surface area contributed by atoms with Crippen LogP contribution in [0, 0.1) is 0 Å². The average Bonchev–Trinajstić information content (AvgIpc) is 2.82. The number of hydrogen-bond acceptors (Lipinski definition) is 4. The molecule has 1 unspecified atom stereocenters. The van der Waals surface area contributed by atoms with Gasteiger partial charge in [0, 0.05) is 6.07 Å². The van der Waals surface area contributed by atoms with Crippen molar-refractivity contribution < 1.29 is 9.84 Å². The Labute approximate surface area is 113 Å². The molecule has 0 radical (unpaired) electrons. The van der Waals surface area contributed by atoms with Gasteiger partial charge in [-0.05, 0) is 32.4 Å². The molecule has 0 saturated carbocycles. The van der Waals surface area contributed by atoms with Gasteiger partial charge >= 0.3 is 0 Å². The van der Waals surface area contributed by atoms with Gasteiger partial charge < -0.3 is 9.84 Å². The Morgan fingerprint density at radius 3 is 2.79 bits per heavy atom. The van der Waals surface area contributed by atoms with Crippen LogP contribution in [0.4, 0.5) is 0 Å². The third-order valence-electron chi connectivity index (χ3n) is 3.30. The summed E-state index contributed by atoms with van der Waals surface area (Å²) in [4.78, 5) is 0. The van der Waals surface area contributed by atoms with Gasteiger partial charge in [0.1, 0.15) is 22.4 Å². The zero-order valence-corrected chi connectivity index (χ0v) is 11.7. The molecule has 104 valence electrons. The number of aromatic amines is 1. The molecule has 0 bridgehead atoms. The Kier molecular flexibility index (Phi) is 4.04. The summed E-state index contributed by atoms with van der Waals surface area (Å²) in [5, 5.41) is 20.8. The molecule has 2 rings (SSSR count). The van der Waals surface area contributed by atoms with Crippen LogP contribution in [-0.4, -0.2) is 32.2 Å². The van der Waals surface area contributed by atoms with E-state index in [1.165, 1.54) is 0 Å². The van der Waals surface area contributed by atoms with Crippen molar-refractivity contribution in [1.82, 2.24) is 15.4 Å². The third kappa shape index (κ3) is 3.23. The molecule has 0 aliphatic heterocycles. The minimum atomic E-state index is -0.618. The molecule has 1 aromatic carbocycles. The van der Waals surface area contributed by atoms with Gasteiger partial charge in [-0.15, -0.1) is 0 Å². The molecular formula is C14H21N3O2. The summed E-state index contributed by atoms with van der Waals surface area (Å²) >= 11 is 0. The van der Waals surface area contributed by atoms with Gasteiger partial charge in [-0.25, -0.2) is 0 Å². The molecule has 5 heteroatoms. The second-order valence-electron chi connectivity index (χ2n) is 5.34. The molecule has 0 amide bonds. The fourth-order valence-corrected chi connectivity index (χ4v) is 2.00. The van der Waals surface area contributed by atoms with Crippen molar-refractivity contribution in [2.75, 3.05) is 0 Å². The fourth-order valence-electron chi connectivity index (χ4n) is 2.00. The summed E-state index contributed by atoms with van der Waals surface area (Å²) in [6.07, 6.45) is 2.32. The number of ether oxygens (including phenoxy) is 1. The van der Waals surface area contributed by atoms with Crippen LogP contribution in [0.25, 0.3) is 11.0 Å². The lowest BCUT2D eigenvalue weighted by molar-refractivity contribution is -0.0331. The van der Waals surface area contributed by atoms with E-state index in [0.29, 0.717) is 5.75 Å². The number of unbranched alkanes of at least 4 members (excludes halogenated alkanes) is 1. The SMILES string of the molecule is CCCCC(O)C(C)(C)Oc1ccc2n[nH]nc2c1. The van der Waals surface area contributed by atoms with Gasteiger partial charge in [0.15, 0.2) is 0 Å². The Balaban J connectivity index is 2.09. The molecule has 1 heterocycles. The highest BCUT2D eigenvalue weighted by Gasteiger charge is 2.29. The van der Waals surface area contributed by atoms with Crippen molar-refractivity contribution in [2.45, 2.75) is 51.7 Å². The largest absolute Gasteiger partial charge is 0.485 e. The standard InChI is InChI=1S/C14H21N3O2/c1-4-5-6-13(18)14(2,3)19-10-7-8-11-12(9-10)16-17-15-11/h7-9,13,18H,4-6H2,1-3H3,(H,15,16,17). The summed E-state index contributed by atoms with van der Waals surface area (Å²) < 4.78 is 5.91. The Morgan fingerprint density at radius 2 is 2.05 bits per heavy atom. The zero-order chi connectivity index (χ0) is 13.9. The summed E-state index contributed by atoms with van der Waals surface area (Å²) in [5.74, 6) is 0.696. The lowest BCUT2D eigenvalue weighted by atomic mass is 9.96. The molecule has 0 fully saturated rings. The van der Waals surface area contributed by atoms with Gasteiger partial charge in [0.2, 0.25) is 0 Å². The molecule has 2 aromatic rings. The van der Waals surface area contributed by atoms with Crippen molar-refractivity contribution in [3.8, 4) is 5.75 Å². The quantitative estimate of drug-likeness (QED) is 0.840. The normalized spacial score (nSPS) is 13.7. The average molecular weight is 263 g/mol. The predicted molar refractivity (Wildman–Crippen MR) is 74.1 cm³/mol. The monoisotopic (exact) mass is 263 g/mol. The Morgan fingerprint density at radius 1 is 1.32 bits per heavy atom. The zero-order valence-electron chi connectivity index (χ0n) is 11.7. The van der Waals surface area contributed by atoms with Gasteiger partial charge in [0.05, 0.1) is 6.10 Å². The van der Waals surface area contributed by atoms with Gasteiger partial charge in [-0.2, -0.15) is 15.4 Å². The van der Waals surface area contributed by atoms with Crippen LogP contribution in [0.15, 0.2) is 18.2 Å². The molecular weight excluding hydrogens is 242 g/mol. The Bertz CT molecular complexity index is 536. The number of nitrogens with one attached hydrogen (secondary N) is 1. The van der Waals surface area contributed by atoms with E-state index in [1.54, 1.807) is 0 Å². The topological polar surface area (TPSA) is 71.0 Å². The van der Waals surface area contributed by atoms with Crippen molar-refractivity contribution >= 4 is 11.0 Å². The maximum atomic E-state index is 10.2. The van der Waals surface area contributed by atoms with E-state index < -0.39 is 11.7 Å². The number of hydrogen-bond donors (Lipinski definition) is 2. The number of rotatable bonds is 6. The molecule has 0 aliphatic rings. The molecule has 1 atom stereocenters. The van der Waals surface area contributed by atoms with E-state index in [2.05, 4.69) is 22.3 Å². The predicted octanol–water partition coefficient (Wildman–Crippen LogP) is 2.67. The molecule has 0 saturated heterocycles. The van der Waals surface area contributed by atoms with Crippen LogP contribution < -0.4 is 4.74 Å². The highest BCUT2D eigenvalue weighted by atomic mass is 16.5. The van der Waals surface area contributed by atoms with E-state index in [1.807, 2.05) is 32.0 Å².